The summed E-state index contributed by atoms with van der Waals surface area (Å²) < 4.78 is 1.13. The van der Waals surface area contributed by atoms with Crippen LogP contribution in [-0.4, -0.2) is 24.0 Å². The Balaban J connectivity index is 2.81. The normalized spacial score (nSPS) is 15.3. The van der Waals surface area contributed by atoms with Crippen molar-refractivity contribution in [3.8, 4) is 0 Å². The molecule has 1 aromatic carbocycles. The fourth-order valence-electron chi connectivity index (χ4n) is 1.92. The van der Waals surface area contributed by atoms with Gasteiger partial charge in [-0.1, -0.05) is 41.9 Å². The van der Waals surface area contributed by atoms with Gasteiger partial charge in [0.1, 0.15) is 0 Å². The van der Waals surface area contributed by atoms with Crippen LogP contribution in [0.2, 0.25) is 0 Å². The van der Waals surface area contributed by atoms with Crippen molar-refractivity contribution in [2.75, 3.05) is 13.6 Å². The predicted molar refractivity (Wildman–Crippen MR) is 77.9 cm³/mol. The highest BCUT2D eigenvalue weighted by atomic mass is 79.9. The molecule has 0 fully saturated rings. The van der Waals surface area contributed by atoms with Gasteiger partial charge in [0.05, 0.1) is 0 Å². The van der Waals surface area contributed by atoms with Gasteiger partial charge in [0, 0.05) is 23.1 Å². The maximum absolute atomic E-state index is 5.94. The summed E-state index contributed by atoms with van der Waals surface area (Å²) in [5, 5.41) is 0. The van der Waals surface area contributed by atoms with Crippen LogP contribution >= 0.6 is 15.9 Å². The summed E-state index contributed by atoms with van der Waals surface area (Å²) in [6.07, 6.45) is 0. The summed E-state index contributed by atoms with van der Waals surface area (Å²) in [4.78, 5) is 2.35. The summed E-state index contributed by atoms with van der Waals surface area (Å²) in [5.74, 6) is 0.532. The molecule has 0 amide bonds. The second-order valence-corrected chi connectivity index (χ2v) is 6.12. The molecule has 0 heterocycles. The van der Waals surface area contributed by atoms with Crippen LogP contribution in [0.25, 0.3) is 0 Å². The van der Waals surface area contributed by atoms with E-state index in [4.69, 9.17) is 5.73 Å². The van der Waals surface area contributed by atoms with E-state index in [2.05, 4.69) is 66.8 Å². The lowest BCUT2D eigenvalue weighted by Gasteiger charge is -2.41. The summed E-state index contributed by atoms with van der Waals surface area (Å²) in [6, 6.07) is 8.43. The average Bonchev–Trinajstić information content (AvgIpc) is 2.27. The number of likely N-dealkylation sites (N-methyl/N-ethyl adjacent to an activating group) is 1. The van der Waals surface area contributed by atoms with Crippen LogP contribution in [-0.2, 0) is 6.54 Å². The molecule has 0 aliphatic heterocycles. The molecule has 0 bridgehead atoms. The van der Waals surface area contributed by atoms with Gasteiger partial charge >= 0.3 is 0 Å². The molecule has 17 heavy (non-hydrogen) atoms. The SMILES string of the molecule is CC(C)C(C)(CN)N(C)Cc1cccc(Br)c1. The molecule has 1 atom stereocenters. The second-order valence-electron chi connectivity index (χ2n) is 5.20. The third-order valence-electron chi connectivity index (χ3n) is 3.84. The van der Waals surface area contributed by atoms with Gasteiger partial charge in [-0.05, 0) is 37.6 Å². The molecule has 0 aliphatic carbocycles. The third kappa shape index (κ3) is 3.54. The van der Waals surface area contributed by atoms with Crippen molar-refractivity contribution in [3.63, 3.8) is 0 Å². The third-order valence-corrected chi connectivity index (χ3v) is 4.33. The molecule has 0 aromatic heterocycles. The van der Waals surface area contributed by atoms with E-state index in [1.807, 2.05) is 6.07 Å². The zero-order valence-corrected chi connectivity index (χ0v) is 12.8. The van der Waals surface area contributed by atoms with E-state index < -0.39 is 0 Å². The minimum Gasteiger partial charge on any atom is -0.329 e. The minimum absolute atomic E-state index is 0.0440. The van der Waals surface area contributed by atoms with Crippen molar-refractivity contribution in [1.29, 1.82) is 0 Å². The smallest absolute Gasteiger partial charge is 0.0326 e. The fraction of sp³-hybridized carbons (Fsp3) is 0.571. The Morgan fingerprint density at radius 1 is 1.41 bits per heavy atom. The van der Waals surface area contributed by atoms with Crippen molar-refractivity contribution < 1.29 is 0 Å². The maximum atomic E-state index is 5.94. The largest absolute Gasteiger partial charge is 0.329 e. The van der Waals surface area contributed by atoms with Crippen molar-refractivity contribution >= 4 is 15.9 Å². The molecule has 96 valence electrons. The van der Waals surface area contributed by atoms with Crippen LogP contribution in [0.15, 0.2) is 28.7 Å². The summed E-state index contributed by atoms with van der Waals surface area (Å²) in [7, 11) is 2.15. The van der Waals surface area contributed by atoms with Gasteiger partial charge in [-0.2, -0.15) is 0 Å². The molecular weight excluding hydrogens is 276 g/mol. The lowest BCUT2D eigenvalue weighted by molar-refractivity contribution is 0.0878. The van der Waals surface area contributed by atoms with Crippen molar-refractivity contribution in [1.82, 2.24) is 4.90 Å². The van der Waals surface area contributed by atoms with Gasteiger partial charge in [0.2, 0.25) is 0 Å². The highest BCUT2D eigenvalue weighted by Gasteiger charge is 2.31. The summed E-state index contributed by atoms with van der Waals surface area (Å²) in [5.41, 5.74) is 7.29. The lowest BCUT2D eigenvalue weighted by atomic mass is 9.86. The summed E-state index contributed by atoms with van der Waals surface area (Å²) >= 11 is 3.51. The molecule has 0 radical (unpaired) electrons. The van der Waals surface area contributed by atoms with Crippen LogP contribution in [0, 0.1) is 5.92 Å². The molecule has 2 N–H and O–H groups in total. The average molecular weight is 299 g/mol. The first kappa shape index (κ1) is 14.7. The Kier molecular flexibility index (Phi) is 5.17. The quantitative estimate of drug-likeness (QED) is 0.904. The number of hydrogen-bond donors (Lipinski definition) is 1. The highest BCUT2D eigenvalue weighted by molar-refractivity contribution is 9.10. The number of hydrogen-bond acceptors (Lipinski definition) is 2. The molecule has 1 rings (SSSR count). The Labute approximate surface area is 113 Å². The van der Waals surface area contributed by atoms with Gasteiger partial charge in [-0.25, -0.2) is 0 Å². The van der Waals surface area contributed by atoms with E-state index in [0.717, 1.165) is 11.0 Å². The number of nitrogens with two attached hydrogens (primary N) is 1. The van der Waals surface area contributed by atoms with E-state index in [9.17, 15) is 0 Å². The fourth-order valence-corrected chi connectivity index (χ4v) is 2.37. The Morgan fingerprint density at radius 3 is 2.53 bits per heavy atom. The molecule has 0 spiro atoms. The van der Waals surface area contributed by atoms with E-state index in [1.54, 1.807) is 0 Å². The van der Waals surface area contributed by atoms with E-state index in [-0.39, 0.29) is 5.54 Å². The molecular formula is C14H23BrN2. The Hall–Kier alpha value is -0.380. The van der Waals surface area contributed by atoms with Gasteiger partial charge < -0.3 is 5.73 Å². The van der Waals surface area contributed by atoms with Crippen LogP contribution in [0.4, 0.5) is 0 Å². The van der Waals surface area contributed by atoms with Crippen molar-refractivity contribution in [3.05, 3.63) is 34.3 Å². The lowest BCUT2D eigenvalue weighted by Crippen LogP contribution is -2.53. The molecule has 1 unspecified atom stereocenters. The zero-order valence-electron chi connectivity index (χ0n) is 11.2. The number of rotatable bonds is 5. The first-order chi connectivity index (χ1) is 7.90. The molecule has 0 saturated carbocycles. The first-order valence-corrected chi connectivity index (χ1v) is 6.85. The highest BCUT2D eigenvalue weighted by Crippen LogP contribution is 2.24. The topological polar surface area (TPSA) is 29.3 Å². The monoisotopic (exact) mass is 298 g/mol. The molecule has 3 heteroatoms. The van der Waals surface area contributed by atoms with Crippen LogP contribution in [0.5, 0.6) is 0 Å². The van der Waals surface area contributed by atoms with E-state index >= 15 is 0 Å². The zero-order chi connectivity index (χ0) is 13.1. The Bertz CT molecular complexity index is 365. The number of benzene rings is 1. The van der Waals surface area contributed by atoms with Crippen LogP contribution in [0.1, 0.15) is 26.3 Å². The van der Waals surface area contributed by atoms with Gasteiger partial charge in [0.25, 0.3) is 0 Å². The molecule has 1 aromatic rings. The number of nitrogens with zero attached hydrogens (tertiary/aromatic N) is 1. The predicted octanol–water partition coefficient (Wildman–Crippen LogP) is 3.25. The Morgan fingerprint density at radius 2 is 2.06 bits per heavy atom. The van der Waals surface area contributed by atoms with Crippen LogP contribution < -0.4 is 5.73 Å². The summed E-state index contributed by atoms with van der Waals surface area (Å²) in [6.45, 7) is 8.28. The molecule has 0 aliphatic rings. The molecule has 0 saturated heterocycles. The van der Waals surface area contributed by atoms with Crippen molar-refractivity contribution in [2.24, 2.45) is 11.7 Å². The standard InChI is InChI=1S/C14H23BrN2/c1-11(2)14(3,10-16)17(4)9-12-6-5-7-13(15)8-12/h5-8,11H,9-10,16H2,1-4H3. The van der Waals surface area contributed by atoms with Gasteiger partial charge in [0.15, 0.2) is 0 Å². The van der Waals surface area contributed by atoms with Crippen LogP contribution in [0.3, 0.4) is 0 Å². The van der Waals surface area contributed by atoms with Gasteiger partial charge in [-0.15, -0.1) is 0 Å². The van der Waals surface area contributed by atoms with Crippen molar-refractivity contribution in [2.45, 2.75) is 32.9 Å². The van der Waals surface area contributed by atoms with Gasteiger partial charge in [-0.3, -0.25) is 4.90 Å². The van der Waals surface area contributed by atoms with E-state index in [0.29, 0.717) is 12.5 Å². The maximum Gasteiger partial charge on any atom is 0.0326 e. The first-order valence-electron chi connectivity index (χ1n) is 6.06. The molecule has 2 nitrogen and oxygen atoms in total. The second kappa shape index (κ2) is 5.98. The number of halogens is 1. The van der Waals surface area contributed by atoms with E-state index in [1.165, 1.54) is 5.56 Å². The minimum atomic E-state index is 0.0440.